The predicted octanol–water partition coefficient (Wildman–Crippen LogP) is 4.20. The number of rotatable bonds is 12. The highest BCUT2D eigenvalue weighted by Crippen LogP contribution is 2.09. The van der Waals surface area contributed by atoms with E-state index in [1.54, 1.807) is 24.6 Å². The third-order valence-electron chi connectivity index (χ3n) is 5.93. The second-order valence-corrected chi connectivity index (χ2v) is 8.65. The first kappa shape index (κ1) is 26.7. The molecule has 0 spiro atoms. The van der Waals surface area contributed by atoms with Crippen molar-refractivity contribution in [2.24, 2.45) is 10.3 Å². The third-order valence-corrected chi connectivity index (χ3v) is 5.93. The highest BCUT2D eigenvalue weighted by Gasteiger charge is 2.06. The molecular weight excluding hydrogens is 488 g/mol. The Balaban J connectivity index is 1.16. The Morgan fingerprint density at radius 1 is 0.615 bits per heavy atom. The Labute approximate surface area is 227 Å². The number of hydrogen-bond donors (Lipinski definition) is 0. The van der Waals surface area contributed by atoms with Crippen molar-refractivity contribution in [1.29, 1.82) is 10.5 Å². The van der Waals surface area contributed by atoms with Crippen LogP contribution in [0.4, 0.5) is 0 Å². The third kappa shape index (κ3) is 8.34. The van der Waals surface area contributed by atoms with Crippen molar-refractivity contribution < 1.29 is 18.8 Å². The van der Waals surface area contributed by atoms with Crippen LogP contribution in [0.15, 0.2) is 108 Å². The van der Waals surface area contributed by atoms with Gasteiger partial charge in [0.25, 0.3) is 0 Å². The summed E-state index contributed by atoms with van der Waals surface area (Å²) in [6.45, 7) is 2.27. The van der Waals surface area contributed by atoms with Crippen LogP contribution in [0.25, 0.3) is 0 Å². The number of benzene rings is 2. The Morgan fingerprint density at radius 2 is 1.03 bits per heavy atom. The Bertz CT molecular complexity index is 1390. The zero-order valence-electron chi connectivity index (χ0n) is 21.4. The van der Waals surface area contributed by atoms with Crippen LogP contribution in [0.2, 0.25) is 0 Å². The van der Waals surface area contributed by atoms with Crippen LogP contribution in [0.1, 0.15) is 39.8 Å². The lowest BCUT2D eigenvalue weighted by atomic mass is 10.1. The molecule has 0 fully saturated rings. The minimum Gasteiger partial charge on any atom is -0.391 e. The van der Waals surface area contributed by atoms with Gasteiger partial charge in [0.2, 0.25) is 0 Å². The van der Waals surface area contributed by atoms with Crippen LogP contribution in [0.3, 0.4) is 0 Å². The molecule has 0 saturated carbocycles. The van der Waals surface area contributed by atoms with Crippen LogP contribution < -0.4 is 9.13 Å². The Kier molecular flexibility index (Phi) is 9.87. The topological polar surface area (TPSA) is 98.5 Å². The van der Waals surface area contributed by atoms with Gasteiger partial charge in [-0.15, -0.1) is 0 Å². The molecule has 0 radical (unpaired) electrons. The molecule has 0 bridgehead atoms. The summed E-state index contributed by atoms with van der Waals surface area (Å²) in [6.07, 6.45) is 12.4. The number of aryl methyl sites for hydroxylation is 2. The number of oxime groups is 2. The second-order valence-electron chi connectivity index (χ2n) is 8.65. The molecule has 0 aliphatic carbocycles. The molecule has 0 atom stereocenters. The van der Waals surface area contributed by atoms with E-state index in [2.05, 4.69) is 31.6 Å². The van der Waals surface area contributed by atoms with Gasteiger partial charge in [0.05, 0.1) is 42.1 Å². The minimum absolute atomic E-state index is 0.255. The standard InChI is InChI=1S/C31H28N6O2/c32-20-28-6-1-3-8-30(28)24-38-34-22-26-10-16-36(17-11-26)14-5-15-37-18-12-27(13-19-37)23-35-39-25-31-9-4-2-7-29(31)21-33/h1-4,6-13,16-19,22-23H,5,14-15,24-25H2/q+2/b34-22+,35-23+. The number of pyridine rings is 2. The van der Waals surface area contributed by atoms with Crippen molar-refractivity contribution >= 4 is 12.4 Å². The van der Waals surface area contributed by atoms with Crippen molar-refractivity contribution in [3.63, 3.8) is 0 Å². The van der Waals surface area contributed by atoms with E-state index in [-0.39, 0.29) is 13.2 Å². The van der Waals surface area contributed by atoms with Gasteiger partial charge < -0.3 is 9.68 Å². The molecule has 0 amide bonds. The monoisotopic (exact) mass is 516 g/mol. The molecule has 4 rings (SSSR count). The van der Waals surface area contributed by atoms with Crippen LogP contribution in [-0.2, 0) is 36.0 Å². The van der Waals surface area contributed by atoms with Gasteiger partial charge in [-0.3, -0.25) is 0 Å². The molecule has 4 aromatic rings. The van der Waals surface area contributed by atoms with Gasteiger partial charge in [-0.1, -0.05) is 46.7 Å². The fourth-order valence-electron chi connectivity index (χ4n) is 3.76. The first-order chi connectivity index (χ1) is 19.2. The van der Waals surface area contributed by atoms with E-state index in [0.29, 0.717) is 11.1 Å². The van der Waals surface area contributed by atoms with Gasteiger partial charge in [-0.25, -0.2) is 9.13 Å². The molecule has 0 unspecified atom stereocenters. The largest absolute Gasteiger partial charge is 0.391 e. The summed E-state index contributed by atoms with van der Waals surface area (Å²) in [5.74, 6) is 0. The lowest BCUT2D eigenvalue weighted by molar-refractivity contribution is -0.726. The van der Waals surface area contributed by atoms with Gasteiger partial charge in [-0.2, -0.15) is 10.5 Å². The Hall–Kier alpha value is -5.34. The second kappa shape index (κ2) is 14.4. The highest BCUT2D eigenvalue weighted by molar-refractivity contribution is 5.78. The lowest BCUT2D eigenvalue weighted by Gasteiger charge is -2.01. The normalized spacial score (nSPS) is 10.8. The average molecular weight is 517 g/mol. The molecule has 0 N–H and O–H groups in total. The summed E-state index contributed by atoms with van der Waals surface area (Å²) in [4.78, 5) is 10.7. The zero-order chi connectivity index (χ0) is 27.1. The minimum atomic E-state index is 0.255. The summed E-state index contributed by atoms with van der Waals surface area (Å²) in [6, 6.07) is 26.9. The smallest absolute Gasteiger partial charge is 0.169 e. The summed E-state index contributed by atoms with van der Waals surface area (Å²) >= 11 is 0. The molecule has 0 aliphatic rings. The van der Waals surface area contributed by atoms with Crippen molar-refractivity contribution in [1.82, 2.24) is 0 Å². The van der Waals surface area contributed by atoms with Crippen LogP contribution in [0, 0.1) is 22.7 Å². The summed E-state index contributed by atoms with van der Waals surface area (Å²) in [7, 11) is 0. The molecule has 2 aromatic carbocycles. The number of nitriles is 2. The maximum absolute atomic E-state index is 9.13. The van der Waals surface area contributed by atoms with Crippen molar-refractivity contribution in [2.45, 2.75) is 32.7 Å². The van der Waals surface area contributed by atoms with Gasteiger partial charge in [0, 0.05) is 46.5 Å². The fourth-order valence-corrected chi connectivity index (χ4v) is 3.76. The SMILES string of the molecule is N#Cc1ccccc1CO/N=C/c1cc[n+](CCC[n+]2ccc(/C=N/OCc3ccccc3C#N)cc2)cc1. The summed E-state index contributed by atoms with van der Waals surface area (Å²) in [5, 5.41) is 26.3. The first-order valence-corrected chi connectivity index (χ1v) is 12.5. The van der Waals surface area contributed by atoms with Crippen LogP contribution in [0.5, 0.6) is 0 Å². The number of hydrogen-bond acceptors (Lipinski definition) is 6. The number of nitrogens with zero attached hydrogens (tertiary/aromatic N) is 6. The van der Waals surface area contributed by atoms with Gasteiger partial charge in [0.1, 0.15) is 13.2 Å². The molecule has 39 heavy (non-hydrogen) atoms. The lowest BCUT2D eigenvalue weighted by Crippen LogP contribution is -2.38. The molecule has 2 heterocycles. The maximum Gasteiger partial charge on any atom is 0.169 e. The van der Waals surface area contributed by atoms with Crippen molar-refractivity contribution in [2.75, 3.05) is 0 Å². The predicted molar refractivity (Wildman–Crippen MR) is 145 cm³/mol. The van der Waals surface area contributed by atoms with E-state index in [1.807, 2.05) is 85.5 Å². The van der Waals surface area contributed by atoms with Crippen LogP contribution in [-0.4, -0.2) is 12.4 Å². The van der Waals surface area contributed by atoms with Gasteiger partial charge in [0.15, 0.2) is 37.9 Å². The van der Waals surface area contributed by atoms with E-state index in [9.17, 15) is 0 Å². The molecule has 2 aromatic heterocycles. The average Bonchev–Trinajstić information content (AvgIpc) is 2.99. The van der Waals surface area contributed by atoms with Gasteiger partial charge >= 0.3 is 0 Å². The molecular formula is C31H28N6O2+2. The number of aromatic nitrogens is 2. The zero-order valence-corrected chi connectivity index (χ0v) is 21.4. The Morgan fingerprint density at radius 3 is 1.44 bits per heavy atom. The van der Waals surface area contributed by atoms with Crippen LogP contribution >= 0.6 is 0 Å². The quantitative estimate of drug-likeness (QED) is 0.160. The highest BCUT2D eigenvalue weighted by atomic mass is 16.6. The van der Waals surface area contributed by atoms with E-state index in [4.69, 9.17) is 20.2 Å². The van der Waals surface area contributed by atoms with Crippen molar-refractivity contribution in [3.05, 3.63) is 131 Å². The molecule has 8 heteroatoms. The van der Waals surface area contributed by atoms with E-state index in [0.717, 1.165) is 41.8 Å². The van der Waals surface area contributed by atoms with E-state index in [1.165, 1.54) is 0 Å². The maximum atomic E-state index is 9.13. The van der Waals surface area contributed by atoms with Gasteiger partial charge in [-0.05, 0) is 12.1 Å². The first-order valence-electron chi connectivity index (χ1n) is 12.5. The van der Waals surface area contributed by atoms with E-state index >= 15 is 0 Å². The molecule has 192 valence electrons. The summed E-state index contributed by atoms with van der Waals surface area (Å²) < 4.78 is 4.26. The van der Waals surface area contributed by atoms with Crippen molar-refractivity contribution in [3.8, 4) is 12.1 Å². The fraction of sp³-hybridized carbons (Fsp3) is 0.161. The molecule has 8 nitrogen and oxygen atoms in total. The molecule has 0 aliphatic heterocycles. The van der Waals surface area contributed by atoms with E-state index < -0.39 is 0 Å². The molecule has 0 saturated heterocycles. The summed E-state index contributed by atoms with van der Waals surface area (Å²) in [5.41, 5.74) is 4.68.